The molecule has 2 aromatic rings. The predicted molar refractivity (Wildman–Crippen MR) is 58.7 cm³/mol. The Balaban J connectivity index is 2.10. The molecule has 0 amide bonds. The maximum Gasteiger partial charge on any atom is 0.212 e. The lowest BCUT2D eigenvalue weighted by atomic mass is 10.2. The molecule has 2 rings (SSSR count). The topological polar surface area (TPSA) is 78.9 Å². The van der Waals surface area contributed by atoms with Gasteiger partial charge in [0.1, 0.15) is 5.75 Å². The number of aryl methyl sites for hydroxylation is 2. The van der Waals surface area contributed by atoms with E-state index in [0.717, 1.165) is 5.56 Å². The van der Waals surface area contributed by atoms with Crippen molar-refractivity contribution in [2.75, 3.05) is 5.73 Å². The number of nitrogens with zero attached hydrogens (tertiary/aromatic N) is 4. The van der Waals surface area contributed by atoms with Gasteiger partial charge in [-0.05, 0) is 23.8 Å². The number of tetrazole rings is 1. The molecule has 6 heteroatoms. The number of hydrogen-bond acceptors (Lipinski definition) is 5. The van der Waals surface area contributed by atoms with Gasteiger partial charge in [-0.3, -0.25) is 0 Å². The summed E-state index contributed by atoms with van der Waals surface area (Å²) in [6.07, 6.45) is 0. The molecular weight excluding hydrogens is 206 g/mol. The van der Waals surface area contributed by atoms with Gasteiger partial charge in [0.2, 0.25) is 5.82 Å². The van der Waals surface area contributed by atoms with Crippen LogP contribution in [0.25, 0.3) is 0 Å². The molecular formula is C10H13N5O. The van der Waals surface area contributed by atoms with Crippen LogP contribution in [0, 0.1) is 6.92 Å². The van der Waals surface area contributed by atoms with Gasteiger partial charge in [-0.15, -0.1) is 10.2 Å². The van der Waals surface area contributed by atoms with E-state index in [0.29, 0.717) is 17.3 Å². The highest BCUT2D eigenvalue weighted by atomic mass is 16.5. The van der Waals surface area contributed by atoms with E-state index in [1.165, 1.54) is 4.80 Å². The van der Waals surface area contributed by atoms with Crippen LogP contribution in [0.15, 0.2) is 18.2 Å². The van der Waals surface area contributed by atoms with Gasteiger partial charge in [-0.2, -0.15) is 4.80 Å². The Kier molecular flexibility index (Phi) is 2.72. The minimum absolute atomic E-state index is 0.267. The summed E-state index contributed by atoms with van der Waals surface area (Å²) in [5.74, 6) is 1.21. The third-order valence-electron chi connectivity index (χ3n) is 2.14. The fourth-order valence-electron chi connectivity index (χ4n) is 1.39. The Bertz CT molecular complexity index is 473. The summed E-state index contributed by atoms with van der Waals surface area (Å²) in [5, 5.41) is 11.6. The molecule has 0 aliphatic rings. The molecule has 1 aromatic heterocycles. The van der Waals surface area contributed by atoms with E-state index in [9.17, 15) is 0 Å². The average molecular weight is 219 g/mol. The molecule has 0 atom stereocenters. The van der Waals surface area contributed by atoms with Gasteiger partial charge in [0.05, 0.1) is 12.7 Å². The average Bonchev–Trinajstić information content (AvgIpc) is 2.63. The Hall–Kier alpha value is -2.11. The van der Waals surface area contributed by atoms with Crippen LogP contribution >= 0.6 is 0 Å². The van der Waals surface area contributed by atoms with Gasteiger partial charge < -0.3 is 10.5 Å². The summed E-state index contributed by atoms with van der Waals surface area (Å²) in [6, 6.07) is 5.63. The summed E-state index contributed by atoms with van der Waals surface area (Å²) in [5.41, 5.74) is 7.41. The van der Waals surface area contributed by atoms with E-state index in [1.54, 1.807) is 13.1 Å². The second-order valence-corrected chi connectivity index (χ2v) is 3.48. The summed E-state index contributed by atoms with van der Waals surface area (Å²) in [7, 11) is 1.71. The van der Waals surface area contributed by atoms with Crippen LogP contribution < -0.4 is 10.5 Å². The van der Waals surface area contributed by atoms with Crippen molar-refractivity contribution in [3.63, 3.8) is 0 Å². The third kappa shape index (κ3) is 2.10. The molecule has 2 N–H and O–H groups in total. The minimum atomic E-state index is 0.267. The molecule has 0 spiro atoms. The van der Waals surface area contributed by atoms with E-state index in [4.69, 9.17) is 10.5 Å². The SMILES string of the molecule is Cc1cccc(N)c1OCc1nnn(C)n1. The lowest BCUT2D eigenvalue weighted by molar-refractivity contribution is 0.295. The Labute approximate surface area is 93.0 Å². The van der Waals surface area contributed by atoms with Crippen molar-refractivity contribution in [1.29, 1.82) is 0 Å². The largest absolute Gasteiger partial charge is 0.483 e. The van der Waals surface area contributed by atoms with E-state index < -0.39 is 0 Å². The lowest BCUT2D eigenvalue weighted by Crippen LogP contribution is -2.02. The normalized spacial score (nSPS) is 10.4. The van der Waals surface area contributed by atoms with Gasteiger partial charge in [0, 0.05) is 0 Å². The van der Waals surface area contributed by atoms with Crippen molar-refractivity contribution >= 4 is 5.69 Å². The molecule has 0 aliphatic heterocycles. The summed E-state index contributed by atoms with van der Waals surface area (Å²) in [6.45, 7) is 2.21. The molecule has 0 unspecified atom stereocenters. The van der Waals surface area contributed by atoms with Crippen molar-refractivity contribution in [2.45, 2.75) is 13.5 Å². The monoisotopic (exact) mass is 219 g/mol. The van der Waals surface area contributed by atoms with Crippen molar-refractivity contribution in [2.24, 2.45) is 7.05 Å². The smallest absolute Gasteiger partial charge is 0.212 e. The van der Waals surface area contributed by atoms with Crippen molar-refractivity contribution in [3.05, 3.63) is 29.6 Å². The molecule has 0 fully saturated rings. The Morgan fingerprint density at radius 3 is 2.88 bits per heavy atom. The van der Waals surface area contributed by atoms with Gasteiger partial charge >= 0.3 is 0 Å². The predicted octanol–water partition coefficient (Wildman–Crippen LogP) is 0.680. The van der Waals surface area contributed by atoms with Crippen LogP contribution in [0.3, 0.4) is 0 Å². The Morgan fingerprint density at radius 2 is 2.25 bits per heavy atom. The number of rotatable bonds is 3. The first-order chi connectivity index (χ1) is 7.66. The lowest BCUT2D eigenvalue weighted by Gasteiger charge is -2.09. The highest BCUT2D eigenvalue weighted by Crippen LogP contribution is 2.25. The molecule has 0 saturated heterocycles. The zero-order chi connectivity index (χ0) is 11.5. The van der Waals surface area contributed by atoms with Crippen LogP contribution in [0.1, 0.15) is 11.4 Å². The molecule has 0 bridgehead atoms. The second kappa shape index (κ2) is 4.18. The van der Waals surface area contributed by atoms with Gasteiger partial charge in [0.25, 0.3) is 0 Å². The highest BCUT2D eigenvalue weighted by molar-refractivity contribution is 5.56. The van der Waals surface area contributed by atoms with Crippen molar-refractivity contribution in [1.82, 2.24) is 20.2 Å². The fourth-order valence-corrected chi connectivity index (χ4v) is 1.39. The van der Waals surface area contributed by atoms with Gasteiger partial charge in [-0.1, -0.05) is 12.1 Å². The van der Waals surface area contributed by atoms with E-state index in [2.05, 4.69) is 15.4 Å². The van der Waals surface area contributed by atoms with Crippen LogP contribution in [0.5, 0.6) is 5.75 Å². The minimum Gasteiger partial charge on any atom is -0.483 e. The standard InChI is InChI=1S/C10H13N5O/c1-7-4-3-5-8(11)10(7)16-6-9-12-14-15(2)13-9/h3-5H,6,11H2,1-2H3. The summed E-state index contributed by atoms with van der Waals surface area (Å²) < 4.78 is 5.56. The van der Waals surface area contributed by atoms with E-state index in [-0.39, 0.29) is 6.61 Å². The molecule has 1 heterocycles. The number of aromatic nitrogens is 4. The molecule has 1 aromatic carbocycles. The fraction of sp³-hybridized carbons (Fsp3) is 0.300. The highest BCUT2D eigenvalue weighted by Gasteiger charge is 2.06. The van der Waals surface area contributed by atoms with Crippen LogP contribution in [0.4, 0.5) is 5.69 Å². The molecule has 16 heavy (non-hydrogen) atoms. The number of nitrogen functional groups attached to an aromatic ring is 1. The van der Waals surface area contributed by atoms with Crippen LogP contribution in [-0.2, 0) is 13.7 Å². The number of nitrogens with two attached hydrogens (primary N) is 1. The second-order valence-electron chi connectivity index (χ2n) is 3.48. The molecule has 0 aliphatic carbocycles. The number of ether oxygens (including phenoxy) is 1. The Morgan fingerprint density at radius 1 is 1.44 bits per heavy atom. The molecule has 0 saturated carbocycles. The van der Waals surface area contributed by atoms with Crippen LogP contribution in [-0.4, -0.2) is 20.2 Å². The first kappa shape index (κ1) is 10.4. The molecule has 84 valence electrons. The first-order valence-corrected chi connectivity index (χ1v) is 4.87. The maximum absolute atomic E-state index is 5.80. The van der Waals surface area contributed by atoms with Crippen molar-refractivity contribution < 1.29 is 4.74 Å². The first-order valence-electron chi connectivity index (χ1n) is 4.87. The number of benzene rings is 1. The summed E-state index contributed by atoms with van der Waals surface area (Å²) >= 11 is 0. The van der Waals surface area contributed by atoms with Crippen molar-refractivity contribution in [3.8, 4) is 5.75 Å². The van der Waals surface area contributed by atoms with E-state index >= 15 is 0 Å². The van der Waals surface area contributed by atoms with Gasteiger partial charge in [-0.25, -0.2) is 0 Å². The number of hydrogen-bond donors (Lipinski definition) is 1. The summed E-state index contributed by atoms with van der Waals surface area (Å²) in [4.78, 5) is 1.39. The zero-order valence-electron chi connectivity index (χ0n) is 9.21. The third-order valence-corrected chi connectivity index (χ3v) is 2.14. The number of para-hydroxylation sites is 1. The maximum atomic E-state index is 5.80. The number of anilines is 1. The molecule has 6 nitrogen and oxygen atoms in total. The zero-order valence-corrected chi connectivity index (χ0v) is 9.21. The van der Waals surface area contributed by atoms with Crippen LogP contribution in [0.2, 0.25) is 0 Å². The quantitative estimate of drug-likeness (QED) is 0.768. The molecule has 0 radical (unpaired) electrons. The van der Waals surface area contributed by atoms with E-state index in [1.807, 2.05) is 19.1 Å². The van der Waals surface area contributed by atoms with Gasteiger partial charge in [0.15, 0.2) is 6.61 Å².